The second kappa shape index (κ2) is 8.48. The predicted octanol–water partition coefficient (Wildman–Crippen LogP) is 3.75. The number of hydrogen-bond donors (Lipinski definition) is 1. The summed E-state index contributed by atoms with van der Waals surface area (Å²) in [7, 11) is 3.96. The molecule has 3 heterocycles. The quantitative estimate of drug-likeness (QED) is 0.421. The van der Waals surface area contributed by atoms with Crippen molar-refractivity contribution >= 4 is 28.8 Å². The maximum atomic E-state index is 13.1. The van der Waals surface area contributed by atoms with Crippen LogP contribution in [0.4, 0.5) is 0 Å². The normalized spacial score (nSPS) is 22.3. The Morgan fingerprint density at radius 2 is 2.06 bits per heavy atom. The van der Waals surface area contributed by atoms with E-state index < -0.39 is 17.7 Å². The summed E-state index contributed by atoms with van der Waals surface area (Å²) in [6.45, 7) is 5.23. The number of aliphatic hydroxyl groups excluding tert-OH is 1. The average molecular weight is 441 g/mol. The third kappa shape index (κ3) is 4.00. The number of carbonyl (C=O) groups is 2. The second-order valence-electron chi connectivity index (χ2n) is 8.57. The highest BCUT2D eigenvalue weighted by Crippen LogP contribution is 2.43. The van der Waals surface area contributed by atoms with Crippen molar-refractivity contribution in [1.29, 1.82) is 0 Å². The third-order valence-electron chi connectivity index (χ3n) is 5.86. The van der Waals surface area contributed by atoms with Crippen molar-refractivity contribution in [3.63, 3.8) is 0 Å². The summed E-state index contributed by atoms with van der Waals surface area (Å²) in [5, 5.41) is 13.2. The van der Waals surface area contributed by atoms with E-state index in [2.05, 4.69) is 4.90 Å². The Labute approximate surface area is 186 Å². The van der Waals surface area contributed by atoms with Crippen LogP contribution in [0.2, 0.25) is 0 Å². The van der Waals surface area contributed by atoms with E-state index in [1.807, 2.05) is 51.5 Å². The van der Waals surface area contributed by atoms with Crippen LogP contribution in [0.25, 0.3) is 5.76 Å². The summed E-state index contributed by atoms with van der Waals surface area (Å²) in [4.78, 5) is 30.7. The van der Waals surface area contributed by atoms with E-state index in [9.17, 15) is 14.7 Å². The van der Waals surface area contributed by atoms with Gasteiger partial charge in [0.1, 0.15) is 17.6 Å². The SMILES string of the molecule is Cc1ccsc1C1/C(=C(/O)c2ccc3c(c2)CC(C)O3)C(=O)C(=O)N1CCCN(C)C. The number of likely N-dealkylation sites (tertiary alicyclic amines) is 1. The molecule has 2 aliphatic rings. The van der Waals surface area contributed by atoms with Gasteiger partial charge in [0.15, 0.2) is 0 Å². The molecule has 31 heavy (non-hydrogen) atoms. The molecule has 1 saturated heterocycles. The van der Waals surface area contributed by atoms with Gasteiger partial charge in [-0.05, 0) is 81.7 Å². The smallest absolute Gasteiger partial charge is 0.295 e. The van der Waals surface area contributed by atoms with Crippen LogP contribution in [0.15, 0.2) is 35.2 Å². The zero-order chi connectivity index (χ0) is 22.3. The zero-order valence-electron chi connectivity index (χ0n) is 18.3. The summed E-state index contributed by atoms with van der Waals surface area (Å²) in [5.74, 6) is -0.478. The molecule has 2 atom stereocenters. The lowest BCUT2D eigenvalue weighted by Crippen LogP contribution is -2.32. The zero-order valence-corrected chi connectivity index (χ0v) is 19.2. The molecule has 4 rings (SSSR count). The molecule has 0 bridgehead atoms. The molecular formula is C24H28N2O4S. The molecule has 1 aromatic heterocycles. The first kappa shape index (κ1) is 21.6. The minimum absolute atomic E-state index is 0.0865. The highest BCUT2D eigenvalue weighted by Gasteiger charge is 2.46. The molecule has 0 spiro atoms. The van der Waals surface area contributed by atoms with Crippen molar-refractivity contribution in [2.75, 3.05) is 27.2 Å². The summed E-state index contributed by atoms with van der Waals surface area (Å²) < 4.78 is 5.75. The number of aliphatic hydroxyl groups is 1. The summed E-state index contributed by atoms with van der Waals surface area (Å²) in [6, 6.07) is 6.86. The Kier molecular flexibility index (Phi) is 5.90. The van der Waals surface area contributed by atoms with Crippen molar-refractivity contribution in [2.45, 2.75) is 38.8 Å². The largest absolute Gasteiger partial charge is 0.507 e. The van der Waals surface area contributed by atoms with E-state index in [0.717, 1.165) is 41.1 Å². The first-order valence-corrected chi connectivity index (χ1v) is 11.4. The second-order valence-corrected chi connectivity index (χ2v) is 9.52. The van der Waals surface area contributed by atoms with E-state index >= 15 is 0 Å². The van der Waals surface area contributed by atoms with Gasteiger partial charge in [0.2, 0.25) is 0 Å². The Morgan fingerprint density at radius 3 is 2.74 bits per heavy atom. The fourth-order valence-corrected chi connectivity index (χ4v) is 5.38. The minimum atomic E-state index is -0.620. The molecule has 0 saturated carbocycles. The van der Waals surface area contributed by atoms with E-state index in [0.29, 0.717) is 12.1 Å². The van der Waals surface area contributed by atoms with Gasteiger partial charge in [-0.1, -0.05) is 0 Å². The van der Waals surface area contributed by atoms with Gasteiger partial charge in [0, 0.05) is 23.4 Å². The summed E-state index contributed by atoms with van der Waals surface area (Å²) in [6.07, 6.45) is 1.58. The van der Waals surface area contributed by atoms with Crippen LogP contribution in [0.3, 0.4) is 0 Å². The number of rotatable bonds is 6. The molecule has 2 unspecified atom stereocenters. The fraction of sp³-hybridized carbons (Fsp3) is 0.417. The van der Waals surface area contributed by atoms with Crippen LogP contribution in [0, 0.1) is 6.92 Å². The van der Waals surface area contributed by atoms with Crippen LogP contribution in [-0.2, 0) is 16.0 Å². The first-order chi connectivity index (χ1) is 14.8. The van der Waals surface area contributed by atoms with Crippen LogP contribution in [0.5, 0.6) is 5.75 Å². The van der Waals surface area contributed by atoms with Gasteiger partial charge < -0.3 is 19.6 Å². The summed E-state index contributed by atoms with van der Waals surface area (Å²) >= 11 is 1.51. The maximum absolute atomic E-state index is 13.1. The van der Waals surface area contributed by atoms with Crippen LogP contribution < -0.4 is 4.74 Å². The number of amides is 1. The van der Waals surface area contributed by atoms with E-state index in [-0.39, 0.29) is 17.4 Å². The Hall–Kier alpha value is -2.64. The molecule has 1 N–H and O–H groups in total. The Bertz CT molecular complexity index is 1060. The molecule has 7 heteroatoms. The van der Waals surface area contributed by atoms with E-state index in [4.69, 9.17) is 4.74 Å². The van der Waals surface area contributed by atoms with Crippen molar-refractivity contribution < 1.29 is 19.4 Å². The number of nitrogens with zero attached hydrogens (tertiary/aromatic N) is 2. The molecule has 1 aromatic carbocycles. The van der Waals surface area contributed by atoms with Gasteiger partial charge in [0.25, 0.3) is 11.7 Å². The molecule has 2 aromatic rings. The molecule has 2 aliphatic heterocycles. The standard InChI is InChI=1S/C24H28N2O4S/c1-14-8-11-31-23(14)20-19(22(28)24(29)26(20)10-5-9-25(3)4)21(27)16-6-7-18-17(13-16)12-15(2)30-18/h6-8,11,13,15,20,27H,5,9-10,12H2,1-4H3/b21-19-. The number of benzene rings is 1. The number of ether oxygens (including phenoxy) is 1. The van der Waals surface area contributed by atoms with Gasteiger partial charge in [0.05, 0.1) is 11.6 Å². The lowest BCUT2D eigenvalue weighted by atomic mass is 9.97. The van der Waals surface area contributed by atoms with Gasteiger partial charge >= 0.3 is 0 Å². The monoisotopic (exact) mass is 440 g/mol. The average Bonchev–Trinajstić information content (AvgIpc) is 3.37. The Balaban J connectivity index is 1.77. The summed E-state index contributed by atoms with van der Waals surface area (Å²) in [5.41, 5.74) is 2.73. The molecule has 0 radical (unpaired) electrons. The highest BCUT2D eigenvalue weighted by atomic mass is 32.1. The molecule has 1 fully saturated rings. The van der Waals surface area contributed by atoms with Crippen molar-refractivity contribution in [2.24, 2.45) is 0 Å². The number of ketones is 1. The number of hydrogen-bond acceptors (Lipinski definition) is 6. The number of thiophene rings is 1. The molecule has 164 valence electrons. The fourth-order valence-electron chi connectivity index (χ4n) is 4.33. The van der Waals surface area contributed by atoms with Gasteiger partial charge in [-0.25, -0.2) is 0 Å². The number of Topliss-reactive ketones (excluding diaryl/α,β-unsaturated/α-hetero) is 1. The Morgan fingerprint density at radius 1 is 1.29 bits per heavy atom. The minimum Gasteiger partial charge on any atom is -0.507 e. The lowest BCUT2D eigenvalue weighted by Gasteiger charge is -2.25. The number of aryl methyl sites for hydroxylation is 1. The molecular weight excluding hydrogens is 412 g/mol. The molecule has 1 amide bonds. The highest BCUT2D eigenvalue weighted by molar-refractivity contribution is 7.10. The number of carbonyl (C=O) groups excluding carboxylic acids is 2. The number of fused-ring (bicyclic) bond motifs is 1. The first-order valence-electron chi connectivity index (χ1n) is 10.5. The van der Waals surface area contributed by atoms with E-state index in [1.165, 1.54) is 11.3 Å². The lowest BCUT2D eigenvalue weighted by molar-refractivity contribution is -0.139. The van der Waals surface area contributed by atoms with Crippen molar-refractivity contribution in [1.82, 2.24) is 9.80 Å². The maximum Gasteiger partial charge on any atom is 0.295 e. The molecule has 6 nitrogen and oxygen atoms in total. The van der Waals surface area contributed by atoms with Gasteiger partial charge in [-0.15, -0.1) is 11.3 Å². The topological polar surface area (TPSA) is 70.1 Å². The van der Waals surface area contributed by atoms with Crippen LogP contribution in [0.1, 0.15) is 41.0 Å². The van der Waals surface area contributed by atoms with E-state index in [1.54, 1.807) is 11.0 Å². The molecule has 0 aliphatic carbocycles. The van der Waals surface area contributed by atoms with Crippen LogP contribution in [-0.4, -0.2) is 59.9 Å². The predicted molar refractivity (Wildman–Crippen MR) is 121 cm³/mol. The van der Waals surface area contributed by atoms with Crippen LogP contribution >= 0.6 is 11.3 Å². The van der Waals surface area contributed by atoms with Crippen molar-refractivity contribution in [3.8, 4) is 5.75 Å². The van der Waals surface area contributed by atoms with Crippen molar-refractivity contribution in [3.05, 3.63) is 56.8 Å². The van der Waals surface area contributed by atoms with Gasteiger partial charge in [-0.2, -0.15) is 0 Å². The van der Waals surface area contributed by atoms with Gasteiger partial charge in [-0.3, -0.25) is 9.59 Å². The third-order valence-corrected chi connectivity index (χ3v) is 6.94.